The van der Waals surface area contributed by atoms with Crippen molar-refractivity contribution in [1.29, 1.82) is 0 Å². The zero-order chi connectivity index (χ0) is 18.2. The van der Waals surface area contributed by atoms with Crippen molar-refractivity contribution >= 4 is 17.1 Å². The van der Waals surface area contributed by atoms with Crippen molar-refractivity contribution < 1.29 is 0 Å². The van der Waals surface area contributed by atoms with E-state index in [1.54, 1.807) is 0 Å². The van der Waals surface area contributed by atoms with Crippen molar-refractivity contribution in [2.75, 3.05) is 4.90 Å². The van der Waals surface area contributed by atoms with Crippen LogP contribution in [-0.2, 0) is 19.3 Å². The summed E-state index contributed by atoms with van der Waals surface area (Å²) in [7, 11) is 0. The van der Waals surface area contributed by atoms with E-state index in [-0.39, 0.29) is 0 Å². The summed E-state index contributed by atoms with van der Waals surface area (Å²) in [5, 5.41) is 0. The van der Waals surface area contributed by atoms with Gasteiger partial charge in [-0.2, -0.15) is 0 Å². The Hall–Kier alpha value is -3.39. The van der Waals surface area contributed by atoms with Gasteiger partial charge in [0.1, 0.15) is 0 Å². The van der Waals surface area contributed by atoms with Crippen LogP contribution in [0.4, 0.5) is 17.1 Å². The van der Waals surface area contributed by atoms with Gasteiger partial charge < -0.3 is 4.90 Å². The second-order valence-electron chi connectivity index (χ2n) is 8.06. The molecule has 28 heavy (non-hydrogen) atoms. The molecule has 1 aromatic heterocycles. The Balaban J connectivity index is 1.56. The number of hydrogen-bond donors (Lipinski definition) is 0. The van der Waals surface area contributed by atoms with Crippen LogP contribution in [0.5, 0.6) is 0 Å². The van der Waals surface area contributed by atoms with E-state index in [9.17, 15) is 0 Å². The van der Waals surface area contributed by atoms with Crippen LogP contribution in [0, 0.1) is 0 Å². The van der Waals surface area contributed by atoms with E-state index in [1.165, 1.54) is 61.6 Å². The van der Waals surface area contributed by atoms with E-state index in [0.29, 0.717) is 0 Å². The Morgan fingerprint density at radius 2 is 1.36 bits per heavy atom. The van der Waals surface area contributed by atoms with Crippen molar-refractivity contribution in [3.05, 3.63) is 106 Å². The molecule has 4 aromatic rings. The van der Waals surface area contributed by atoms with E-state index in [4.69, 9.17) is 0 Å². The Kier molecular flexibility index (Phi) is 2.67. The molecule has 0 saturated carbocycles. The number of aromatic nitrogens is 1. The van der Waals surface area contributed by atoms with Gasteiger partial charge in [0.2, 0.25) is 0 Å². The molecule has 1 aliphatic carbocycles. The maximum Gasteiger partial charge on any atom is 0.0563 e. The number of rotatable bonds is 0. The first-order chi connectivity index (χ1) is 13.9. The lowest BCUT2D eigenvalue weighted by Gasteiger charge is -2.39. The third-order valence-corrected chi connectivity index (χ3v) is 6.56. The molecule has 0 bridgehead atoms. The van der Waals surface area contributed by atoms with Crippen molar-refractivity contribution in [2.45, 2.75) is 19.3 Å². The number of benzene rings is 3. The van der Waals surface area contributed by atoms with Gasteiger partial charge in [-0.25, -0.2) is 0 Å². The minimum atomic E-state index is 0.960. The van der Waals surface area contributed by atoms with Gasteiger partial charge in [-0.15, -0.1) is 0 Å². The lowest BCUT2D eigenvalue weighted by atomic mass is 9.85. The van der Waals surface area contributed by atoms with Crippen LogP contribution in [0.1, 0.15) is 33.4 Å². The van der Waals surface area contributed by atoms with E-state index < -0.39 is 0 Å². The Labute approximate surface area is 164 Å². The molecule has 0 unspecified atom stereocenters. The molecule has 0 fully saturated rings. The molecule has 0 spiro atoms. The summed E-state index contributed by atoms with van der Waals surface area (Å²) in [6.07, 6.45) is 7.09. The predicted octanol–water partition coefficient (Wildman–Crippen LogP) is 5.93. The van der Waals surface area contributed by atoms with E-state index in [1.807, 2.05) is 0 Å². The summed E-state index contributed by atoms with van der Waals surface area (Å²) >= 11 is 0. The first-order valence-electron chi connectivity index (χ1n) is 9.95. The van der Waals surface area contributed by atoms with Crippen LogP contribution in [0.25, 0.3) is 11.1 Å². The first-order valence-corrected chi connectivity index (χ1v) is 9.95. The van der Waals surface area contributed by atoms with Crippen LogP contribution >= 0.6 is 0 Å². The Morgan fingerprint density at radius 3 is 2.29 bits per heavy atom. The molecule has 2 aliphatic heterocycles. The molecular formula is C26H18N2. The minimum Gasteiger partial charge on any atom is -0.309 e. The maximum absolute atomic E-state index is 4.59. The topological polar surface area (TPSA) is 16.1 Å². The fraction of sp³-hybridized carbons (Fsp3) is 0.115. The summed E-state index contributed by atoms with van der Waals surface area (Å²) in [5.74, 6) is 0. The first kappa shape index (κ1) is 14.6. The average molecular weight is 358 g/mol. The maximum atomic E-state index is 4.59. The van der Waals surface area contributed by atoms with Crippen LogP contribution in [0.2, 0.25) is 0 Å². The number of hydrogen-bond acceptors (Lipinski definition) is 2. The minimum absolute atomic E-state index is 0.960. The van der Waals surface area contributed by atoms with Gasteiger partial charge in [0, 0.05) is 30.9 Å². The fourth-order valence-electron chi connectivity index (χ4n) is 5.42. The Morgan fingerprint density at radius 1 is 0.607 bits per heavy atom. The summed E-state index contributed by atoms with van der Waals surface area (Å²) < 4.78 is 0. The normalized spacial score (nSPS) is 14.6. The van der Waals surface area contributed by atoms with Gasteiger partial charge in [0.25, 0.3) is 0 Å². The smallest absolute Gasteiger partial charge is 0.0563 e. The van der Waals surface area contributed by atoms with Crippen LogP contribution < -0.4 is 4.90 Å². The number of fused-ring (bicyclic) bond motifs is 8. The van der Waals surface area contributed by atoms with E-state index in [2.05, 4.69) is 82.9 Å². The highest BCUT2D eigenvalue weighted by atomic mass is 15.2. The molecular weight excluding hydrogens is 340 g/mol. The largest absolute Gasteiger partial charge is 0.309 e. The molecule has 0 atom stereocenters. The van der Waals surface area contributed by atoms with Gasteiger partial charge in [0.15, 0.2) is 0 Å². The highest BCUT2D eigenvalue weighted by molar-refractivity contribution is 5.94. The lowest BCUT2D eigenvalue weighted by Crippen LogP contribution is -2.25. The zero-order valence-electron chi connectivity index (χ0n) is 15.4. The van der Waals surface area contributed by atoms with Gasteiger partial charge >= 0.3 is 0 Å². The molecule has 0 N–H and O–H groups in total. The summed E-state index contributed by atoms with van der Waals surface area (Å²) in [6.45, 7) is 0. The second kappa shape index (κ2) is 5.11. The molecule has 2 heteroatoms. The molecule has 2 nitrogen and oxygen atoms in total. The molecule has 3 aliphatic rings. The fourth-order valence-corrected chi connectivity index (χ4v) is 5.42. The van der Waals surface area contributed by atoms with Crippen molar-refractivity contribution in [3.63, 3.8) is 0 Å². The van der Waals surface area contributed by atoms with E-state index in [0.717, 1.165) is 19.3 Å². The standard InChI is InChI=1S/C26H18N2/c1-3-7-21-16(5-1)11-18-9-10-24-22(25(18)21)13-20-15-27-14-19-12-17-6-2-4-8-23(17)28(24)26(19)20/h1-10,14-15H,11-13H2. The predicted molar refractivity (Wildman–Crippen MR) is 113 cm³/mol. The van der Waals surface area contributed by atoms with Crippen LogP contribution in [-0.4, -0.2) is 4.98 Å². The molecule has 0 amide bonds. The summed E-state index contributed by atoms with van der Waals surface area (Å²) in [6, 6.07) is 22.4. The molecule has 7 rings (SSSR count). The third-order valence-electron chi connectivity index (χ3n) is 6.56. The molecule has 0 radical (unpaired) electrons. The van der Waals surface area contributed by atoms with Crippen molar-refractivity contribution in [2.24, 2.45) is 0 Å². The van der Waals surface area contributed by atoms with Crippen LogP contribution in [0.15, 0.2) is 73.1 Å². The van der Waals surface area contributed by atoms with Gasteiger partial charge in [-0.05, 0) is 63.1 Å². The zero-order valence-corrected chi connectivity index (χ0v) is 15.4. The van der Waals surface area contributed by atoms with Gasteiger partial charge in [-0.3, -0.25) is 4.98 Å². The number of pyridine rings is 1. The SMILES string of the molecule is c1ccc2c(c1)Cc1ccc3c(c1-2)Cc1cncc2c1N3c1ccccc1C2. The lowest BCUT2D eigenvalue weighted by molar-refractivity contribution is 0.986. The highest BCUT2D eigenvalue weighted by Crippen LogP contribution is 2.53. The Bertz CT molecular complexity index is 1300. The molecule has 3 aromatic carbocycles. The molecule has 0 saturated heterocycles. The second-order valence-corrected chi connectivity index (χ2v) is 8.06. The molecule has 132 valence electrons. The average Bonchev–Trinajstić information content (AvgIpc) is 3.12. The van der Waals surface area contributed by atoms with E-state index >= 15 is 0 Å². The van der Waals surface area contributed by atoms with Crippen molar-refractivity contribution in [3.8, 4) is 11.1 Å². The van der Waals surface area contributed by atoms with Crippen LogP contribution in [0.3, 0.4) is 0 Å². The van der Waals surface area contributed by atoms with Gasteiger partial charge in [0.05, 0.1) is 11.4 Å². The number of anilines is 3. The monoisotopic (exact) mass is 358 g/mol. The van der Waals surface area contributed by atoms with Crippen molar-refractivity contribution in [1.82, 2.24) is 4.98 Å². The molecule has 3 heterocycles. The van der Waals surface area contributed by atoms with Gasteiger partial charge in [-0.1, -0.05) is 48.5 Å². The summed E-state index contributed by atoms with van der Waals surface area (Å²) in [4.78, 5) is 7.09. The quantitative estimate of drug-likeness (QED) is 0.334. The highest BCUT2D eigenvalue weighted by Gasteiger charge is 2.34. The number of nitrogens with zero attached hydrogens (tertiary/aromatic N) is 2. The number of para-hydroxylation sites is 1. The third kappa shape index (κ3) is 1.75. The summed E-state index contributed by atoms with van der Waals surface area (Å²) in [5.41, 5.74) is 15.3.